The molecule has 1 rings (SSSR count). The number of ether oxygens (including phenoxy) is 1. The maximum atomic E-state index is 12.7. The van der Waals surface area contributed by atoms with Crippen LogP contribution in [-0.4, -0.2) is 25.1 Å². The van der Waals surface area contributed by atoms with Gasteiger partial charge in [0.05, 0.1) is 12.6 Å². The van der Waals surface area contributed by atoms with E-state index in [1.807, 2.05) is 13.8 Å². The molecule has 0 saturated heterocycles. The van der Waals surface area contributed by atoms with E-state index >= 15 is 0 Å². The molecule has 0 aliphatic carbocycles. The molecule has 0 bridgehead atoms. The van der Waals surface area contributed by atoms with Crippen molar-refractivity contribution < 1.29 is 13.9 Å². The van der Waals surface area contributed by atoms with Gasteiger partial charge in [-0.25, -0.2) is 4.39 Å². The molecule has 3 N–H and O–H groups in total. The second-order valence-electron chi connectivity index (χ2n) is 5.54. The molecule has 0 spiro atoms. The highest BCUT2D eigenvalue weighted by molar-refractivity contribution is 5.81. The first-order chi connectivity index (χ1) is 9.99. The zero-order chi connectivity index (χ0) is 15.7. The molecule has 1 aromatic carbocycles. The van der Waals surface area contributed by atoms with Crippen LogP contribution >= 0.6 is 0 Å². The van der Waals surface area contributed by atoms with E-state index < -0.39 is 6.04 Å². The van der Waals surface area contributed by atoms with Gasteiger partial charge >= 0.3 is 0 Å². The highest BCUT2D eigenvalue weighted by Gasteiger charge is 2.13. The van der Waals surface area contributed by atoms with Crippen molar-refractivity contribution in [3.05, 3.63) is 30.1 Å². The summed E-state index contributed by atoms with van der Waals surface area (Å²) >= 11 is 0. The van der Waals surface area contributed by atoms with E-state index in [0.717, 1.165) is 12.8 Å². The molecule has 21 heavy (non-hydrogen) atoms. The SMILES string of the molecule is CC(C)C[C@H](N)C(=O)NCCCCOc1ccc(F)cc1. The Morgan fingerprint density at radius 1 is 1.29 bits per heavy atom. The van der Waals surface area contributed by atoms with Crippen LogP contribution in [0.1, 0.15) is 33.1 Å². The third kappa shape index (κ3) is 7.66. The van der Waals surface area contributed by atoms with Crippen LogP contribution in [-0.2, 0) is 4.79 Å². The largest absolute Gasteiger partial charge is 0.494 e. The molecule has 0 unspecified atom stereocenters. The minimum atomic E-state index is -0.430. The van der Waals surface area contributed by atoms with Gasteiger partial charge in [-0.15, -0.1) is 0 Å². The van der Waals surface area contributed by atoms with Crippen LogP contribution in [0.15, 0.2) is 24.3 Å². The lowest BCUT2D eigenvalue weighted by molar-refractivity contribution is -0.122. The third-order valence-electron chi connectivity index (χ3n) is 3.01. The van der Waals surface area contributed by atoms with Gasteiger partial charge in [-0.1, -0.05) is 13.8 Å². The van der Waals surface area contributed by atoms with Crippen LogP contribution in [0.2, 0.25) is 0 Å². The van der Waals surface area contributed by atoms with E-state index in [9.17, 15) is 9.18 Å². The summed E-state index contributed by atoms with van der Waals surface area (Å²) in [6, 6.07) is 5.50. The topological polar surface area (TPSA) is 64.4 Å². The Bertz CT molecular complexity index is 421. The molecule has 1 atom stereocenters. The highest BCUT2D eigenvalue weighted by Crippen LogP contribution is 2.11. The number of nitrogens with one attached hydrogen (secondary N) is 1. The van der Waals surface area contributed by atoms with Gasteiger partial charge in [0.15, 0.2) is 0 Å². The molecule has 1 aromatic rings. The lowest BCUT2D eigenvalue weighted by Crippen LogP contribution is -2.41. The fraction of sp³-hybridized carbons (Fsp3) is 0.562. The first-order valence-corrected chi connectivity index (χ1v) is 7.40. The van der Waals surface area contributed by atoms with Crippen molar-refractivity contribution in [3.63, 3.8) is 0 Å². The lowest BCUT2D eigenvalue weighted by atomic mass is 10.0. The fourth-order valence-electron chi connectivity index (χ4n) is 1.91. The average molecular weight is 296 g/mol. The Morgan fingerprint density at radius 3 is 2.57 bits per heavy atom. The second kappa shape index (κ2) is 9.34. The van der Waals surface area contributed by atoms with Crippen molar-refractivity contribution in [1.29, 1.82) is 0 Å². The summed E-state index contributed by atoms with van der Waals surface area (Å²) < 4.78 is 18.2. The molecular weight excluding hydrogens is 271 g/mol. The minimum Gasteiger partial charge on any atom is -0.494 e. The Labute approximate surface area is 125 Å². The van der Waals surface area contributed by atoms with Gasteiger partial charge in [0.1, 0.15) is 11.6 Å². The minimum absolute atomic E-state index is 0.0943. The van der Waals surface area contributed by atoms with E-state index in [4.69, 9.17) is 10.5 Å². The van der Waals surface area contributed by atoms with Crippen molar-refractivity contribution >= 4 is 5.91 Å². The predicted octanol–water partition coefficient (Wildman–Crippen LogP) is 2.47. The Hall–Kier alpha value is -1.62. The van der Waals surface area contributed by atoms with Crippen LogP contribution in [0.5, 0.6) is 5.75 Å². The molecule has 4 nitrogen and oxygen atoms in total. The van der Waals surface area contributed by atoms with Gasteiger partial charge in [0.2, 0.25) is 5.91 Å². The number of carbonyl (C=O) groups is 1. The van der Waals surface area contributed by atoms with E-state index in [1.165, 1.54) is 12.1 Å². The van der Waals surface area contributed by atoms with Crippen LogP contribution in [0.4, 0.5) is 4.39 Å². The van der Waals surface area contributed by atoms with Gasteiger partial charge in [0.25, 0.3) is 0 Å². The van der Waals surface area contributed by atoms with Gasteiger partial charge < -0.3 is 15.8 Å². The van der Waals surface area contributed by atoms with E-state index in [1.54, 1.807) is 12.1 Å². The number of halogens is 1. The number of nitrogens with two attached hydrogens (primary N) is 1. The summed E-state index contributed by atoms with van der Waals surface area (Å²) in [6.07, 6.45) is 2.33. The second-order valence-corrected chi connectivity index (χ2v) is 5.54. The quantitative estimate of drug-likeness (QED) is 0.688. The number of amides is 1. The van der Waals surface area contributed by atoms with Crippen molar-refractivity contribution in [2.24, 2.45) is 11.7 Å². The molecule has 0 heterocycles. The van der Waals surface area contributed by atoms with Crippen molar-refractivity contribution in [1.82, 2.24) is 5.32 Å². The lowest BCUT2D eigenvalue weighted by Gasteiger charge is -2.14. The number of rotatable bonds is 9. The predicted molar refractivity (Wildman–Crippen MR) is 81.6 cm³/mol. The summed E-state index contributed by atoms with van der Waals surface area (Å²) in [7, 11) is 0. The summed E-state index contributed by atoms with van der Waals surface area (Å²) in [6.45, 7) is 5.22. The summed E-state index contributed by atoms with van der Waals surface area (Å²) in [5, 5.41) is 2.82. The molecule has 0 aliphatic rings. The first-order valence-electron chi connectivity index (χ1n) is 7.40. The van der Waals surface area contributed by atoms with Gasteiger partial charge in [-0.05, 0) is 49.4 Å². The van der Waals surface area contributed by atoms with Gasteiger partial charge in [-0.3, -0.25) is 4.79 Å². The summed E-state index contributed by atoms with van der Waals surface area (Å²) in [5.74, 6) is 0.695. The zero-order valence-electron chi connectivity index (χ0n) is 12.8. The van der Waals surface area contributed by atoms with Crippen LogP contribution in [0.3, 0.4) is 0 Å². The van der Waals surface area contributed by atoms with Gasteiger partial charge in [0, 0.05) is 6.54 Å². The standard InChI is InChI=1S/C16H25FN2O2/c1-12(2)11-15(18)16(20)19-9-3-4-10-21-14-7-5-13(17)6-8-14/h5-8,12,15H,3-4,9-11,18H2,1-2H3,(H,19,20)/t15-/m0/s1. The van der Waals surface area contributed by atoms with Gasteiger partial charge in [-0.2, -0.15) is 0 Å². The highest BCUT2D eigenvalue weighted by atomic mass is 19.1. The van der Waals surface area contributed by atoms with E-state index in [0.29, 0.717) is 31.2 Å². The number of unbranched alkanes of at least 4 members (excludes halogenated alkanes) is 1. The van der Waals surface area contributed by atoms with E-state index in [-0.39, 0.29) is 11.7 Å². The van der Waals surface area contributed by atoms with Crippen molar-refractivity contribution in [2.75, 3.05) is 13.2 Å². The Kier molecular flexibility index (Phi) is 7.75. The number of hydrogen-bond acceptors (Lipinski definition) is 3. The molecule has 118 valence electrons. The molecule has 0 radical (unpaired) electrons. The first kappa shape index (κ1) is 17.4. The third-order valence-corrected chi connectivity index (χ3v) is 3.01. The van der Waals surface area contributed by atoms with Crippen LogP contribution in [0, 0.1) is 11.7 Å². The number of benzene rings is 1. The molecule has 5 heteroatoms. The van der Waals surface area contributed by atoms with E-state index in [2.05, 4.69) is 5.32 Å². The monoisotopic (exact) mass is 296 g/mol. The maximum Gasteiger partial charge on any atom is 0.236 e. The fourth-order valence-corrected chi connectivity index (χ4v) is 1.91. The average Bonchev–Trinajstić information content (AvgIpc) is 2.43. The maximum absolute atomic E-state index is 12.7. The molecule has 0 aliphatic heterocycles. The van der Waals surface area contributed by atoms with Crippen molar-refractivity contribution in [3.8, 4) is 5.75 Å². The summed E-state index contributed by atoms with van der Waals surface area (Å²) in [4.78, 5) is 11.7. The smallest absolute Gasteiger partial charge is 0.236 e. The number of hydrogen-bond donors (Lipinski definition) is 2. The molecular formula is C16H25FN2O2. The number of carbonyl (C=O) groups excluding carboxylic acids is 1. The Balaban J connectivity index is 2.06. The molecule has 1 amide bonds. The molecule has 0 saturated carbocycles. The zero-order valence-corrected chi connectivity index (χ0v) is 12.8. The summed E-state index contributed by atoms with van der Waals surface area (Å²) in [5.41, 5.74) is 5.78. The van der Waals surface area contributed by atoms with Crippen LogP contribution in [0.25, 0.3) is 0 Å². The van der Waals surface area contributed by atoms with Crippen LogP contribution < -0.4 is 15.8 Å². The molecule has 0 aromatic heterocycles. The normalized spacial score (nSPS) is 12.2. The molecule has 0 fully saturated rings. The Morgan fingerprint density at radius 2 is 1.95 bits per heavy atom. The van der Waals surface area contributed by atoms with Crippen molar-refractivity contribution in [2.45, 2.75) is 39.2 Å².